The van der Waals surface area contributed by atoms with E-state index < -0.39 is 20.7 Å². The van der Waals surface area contributed by atoms with Gasteiger partial charge in [-0.05, 0) is 64.6 Å². The van der Waals surface area contributed by atoms with Gasteiger partial charge in [0.2, 0.25) is 0 Å². The molecule has 0 amide bonds. The van der Waals surface area contributed by atoms with Crippen molar-refractivity contribution in [3.8, 4) is 0 Å². The smallest absolute Gasteiger partial charge is 0.264 e. The maximum absolute atomic E-state index is 13.7. The van der Waals surface area contributed by atoms with Crippen molar-refractivity contribution in [3.63, 3.8) is 0 Å². The molecule has 0 spiro atoms. The Morgan fingerprint density at radius 1 is 1.15 bits per heavy atom. The van der Waals surface area contributed by atoms with Gasteiger partial charge in [0.15, 0.2) is 0 Å². The standard InChI is InChI=1S/C13H12FIN2O2S/c14-12-6-1-9(8-16)7-13(12)20(18,19)17-11-4-2-10(15)3-5-11/h1-7,17H,8,16H2. The van der Waals surface area contributed by atoms with Crippen LogP contribution in [0.1, 0.15) is 5.56 Å². The Hall–Kier alpha value is -1.19. The summed E-state index contributed by atoms with van der Waals surface area (Å²) in [4.78, 5) is -0.404. The van der Waals surface area contributed by atoms with Gasteiger partial charge in [-0.25, -0.2) is 12.8 Å². The third-order valence-electron chi connectivity index (χ3n) is 2.62. The molecular weight excluding hydrogens is 394 g/mol. The van der Waals surface area contributed by atoms with Crippen molar-refractivity contribution in [1.29, 1.82) is 0 Å². The number of rotatable bonds is 4. The molecule has 106 valence electrons. The van der Waals surface area contributed by atoms with Crippen molar-refractivity contribution in [2.75, 3.05) is 4.72 Å². The Morgan fingerprint density at radius 3 is 2.40 bits per heavy atom. The van der Waals surface area contributed by atoms with Gasteiger partial charge in [-0.3, -0.25) is 4.72 Å². The monoisotopic (exact) mass is 406 g/mol. The molecule has 0 radical (unpaired) electrons. The van der Waals surface area contributed by atoms with Crippen LogP contribution in [-0.2, 0) is 16.6 Å². The molecule has 0 unspecified atom stereocenters. The molecule has 0 fully saturated rings. The van der Waals surface area contributed by atoms with E-state index in [0.29, 0.717) is 11.3 Å². The number of anilines is 1. The van der Waals surface area contributed by atoms with Gasteiger partial charge in [-0.15, -0.1) is 0 Å². The number of nitrogens with two attached hydrogens (primary N) is 1. The van der Waals surface area contributed by atoms with Crippen LogP contribution >= 0.6 is 22.6 Å². The molecular formula is C13H12FIN2O2S. The van der Waals surface area contributed by atoms with Gasteiger partial charge in [-0.2, -0.15) is 0 Å². The first-order chi connectivity index (χ1) is 9.42. The Balaban J connectivity index is 2.37. The Kier molecular flexibility index (Phi) is 4.61. The molecule has 0 saturated carbocycles. The van der Waals surface area contributed by atoms with Gasteiger partial charge in [0.1, 0.15) is 10.7 Å². The maximum Gasteiger partial charge on any atom is 0.264 e. The van der Waals surface area contributed by atoms with Crippen molar-refractivity contribution in [2.45, 2.75) is 11.4 Å². The summed E-state index contributed by atoms with van der Waals surface area (Å²) in [5, 5.41) is 0. The van der Waals surface area contributed by atoms with Gasteiger partial charge >= 0.3 is 0 Å². The van der Waals surface area contributed by atoms with Crippen molar-refractivity contribution in [3.05, 3.63) is 57.4 Å². The van der Waals surface area contributed by atoms with Crippen molar-refractivity contribution >= 4 is 38.3 Å². The lowest BCUT2D eigenvalue weighted by Gasteiger charge is -2.10. The minimum atomic E-state index is -3.97. The highest BCUT2D eigenvalue weighted by Gasteiger charge is 2.19. The average molecular weight is 406 g/mol. The molecule has 2 rings (SSSR count). The molecule has 0 atom stereocenters. The topological polar surface area (TPSA) is 72.2 Å². The van der Waals surface area contributed by atoms with E-state index in [0.717, 1.165) is 9.64 Å². The SMILES string of the molecule is NCc1ccc(F)c(S(=O)(=O)Nc2ccc(I)cc2)c1. The van der Waals surface area contributed by atoms with Crippen molar-refractivity contribution in [1.82, 2.24) is 0 Å². The van der Waals surface area contributed by atoms with Crippen LogP contribution in [0.2, 0.25) is 0 Å². The zero-order valence-corrected chi connectivity index (χ0v) is 13.3. The van der Waals surface area contributed by atoms with E-state index in [-0.39, 0.29) is 6.54 Å². The lowest BCUT2D eigenvalue weighted by molar-refractivity contribution is 0.569. The maximum atomic E-state index is 13.7. The van der Waals surface area contributed by atoms with Crippen LogP contribution in [0.15, 0.2) is 47.4 Å². The fourth-order valence-electron chi connectivity index (χ4n) is 1.61. The highest BCUT2D eigenvalue weighted by molar-refractivity contribution is 14.1. The van der Waals surface area contributed by atoms with Gasteiger partial charge < -0.3 is 5.73 Å². The largest absolute Gasteiger partial charge is 0.326 e. The molecule has 0 aliphatic carbocycles. The fourth-order valence-corrected chi connectivity index (χ4v) is 3.16. The molecule has 4 nitrogen and oxygen atoms in total. The van der Waals surface area contributed by atoms with Gasteiger partial charge in [0, 0.05) is 15.8 Å². The predicted octanol–water partition coefficient (Wildman–Crippen LogP) is 2.69. The second kappa shape index (κ2) is 6.06. The molecule has 0 aliphatic heterocycles. The molecule has 0 aromatic heterocycles. The highest BCUT2D eigenvalue weighted by Crippen LogP contribution is 2.20. The first-order valence-electron chi connectivity index (χ1n) is 5.69. The summed E-state index contributed by atoms with van der Waals surface area (Å²) >= 11 is 2.11. The average Bonchev–Trinajstić information content (AvgIpc) is 2.41. The second-order valence-corrected chi connectivity index (χ2v) is 6.98. The Morgan fingerprint density at radius 2 is 1.80 bits per heavy atom. The molecule has 2 aromatic carbocycles. The predicted molar refractivity (Wildman–Crippen MR) is 84.3 cm³/mol. The number of hydrogen-bond donors (Lipinski definition) is 2. The molecule has 2 aromatic rings. The Labute approximate surface area is 130 Å². The number of sulfonamides is 1. The minimum absolute atomic E-state index is 0.145. The van der Waals surface area contributed by atoms with E-state index in [1.165, 1.54) is 12.1 Å². The zero-order valence-electron chi connectivity index (χ0n) is 10.3. The number of hydrogen-bond acceptors (Lipinski definition) is 3. The van der Waals surface area contributed by atoms with Crippen molar-refractivity contribution < 1.29 is 12.8 Å². The van der Waals surface area contributed by atoms with Crippen LogP contribution in [0.3, 0.4) is 0 Å². The van der Waals surface area contributed by atoms with Crippen LogP contribution in [0.25, 0.3) is 0 Å². The Bertz CT molecular complexity index is 718. The van der Waals surface area contributed by atoms with E-state index in [1.54, 1.807) is 24.3 Å². The lowest BCUT2D eigenvalue weighted by Crippen LogP contribution is -2.15. The molecule has 0 heterocycles. The minimum Gasteiger partial charge on any atom is -0.326 e. The van der Waals surface area contributed by atoms with E-state index >= 15 is 0 Å². The van der Waals surface area contributed by atoms with Crippen LogP contribution in [-0.4, -0.2) is 8.42 Å². The van der Waals surface area contributed by atoms with Crippen molar-refractivity contribution in [2.24, 2.45) is 5.73 Å². The summed E-state index contributed by atoms with van der Waals surface area (Å²) < 4.78 is 41.4. The third kappa shape index (κ3) is 3.47. The number of halogens is 2. The van der Waals surface area contributed by atoms with Gasteiger partial charge in [-0.1, -0.05) is 6.07 Å². The number of benzene rings is 2. The molecule has 20 heavy (non-hydrogen) atoms. The molecule has 3 N–H and O–H groups in total. The van der Waals surface area contributed by atoms with E-state index in [1.807, 2.05) is 0 Å². The van der Waals surface area contributed by atoms with Gasteiger partial charge in [0.25, 0.3) is 10.0 Å². The fraction of sp³-hybridized carbons (Fsp3) is 0.0769. The van der Waals surface area contributed by atoms with Crippen LogP contribution in [0.4, 0.5) is 10.1 Å². The summed E-state index contributed by atoms with van der Waals surface area (Å²) in [6, 6.07) is 10.5. The molecule has 0 aliphatic rings. The summed E-state index contributed by atoms with van der Waals surface area (Å²) in [5.41, 5.74) is 6.37. The van der Waals surface area contributed by atoms with Crippen LogP contribution in [0, 0.1) is 9.39 Å². The molecule has 0 bridgehead atoms. The summed E-state index contributed by atoms with van der Waals surface area (Å²) in [6.07, 6.45) is 0. The van der Waals surface area contributed by atoms with Crippen LogP contribution < -0.4 is 10.5 Å². The first-order valence-corrected chi connectivity index (χ1v) is 8.25. The second-order valence-electron chi connectivity index (χ2n) is 4.08. The van der Waals surface area contributed by atoms with E-state index in [9.17, 15) is 12.8 Å². The van der Waals surface area contributed by atoms with E-state index in [2.05, 4.69) is 27.3 Å². The number of nitrogens with one attached hydrogen (secondary N) is 1. The zero-order chi connectivity index (χ0) is 14.8. The normalized spacial score (nSPS) is 11.3. The first kappa shape index (κ1) is 15.2. The summed E-state index contributed by atoms with van der Waals surface area (Å²) in [6.45, 7) is 0.145. The van der Waals surface area contributed by atoms with Crippen LogP contribution in [0.5, 0.6) is 0 Å². The molecule has 7 heteroatoms. The molecule has 0 saturated heterocycles. The lowest BCUT2D eigenvalue weighted by atomic mass is 10.2. The third-order valence-corrected chi connectivity index (χ3v) is 4.73. The summed E-state index contributed by atoms with van der Waals surface area (Å²) in [7, 11) is -3.97. The quantitative estimate of drug-likeness (QED) is 0.768. The summed E-state index contributed by atoms with van der Waals surface area (Å²) in [5.74, 6) is -0.805. The van der Waals surface area contributed by atoms with E-state index in [4.69, 9.17) is 5.73 Å². The highest BCUT2D eigenvalue weighted by atomic mass is 127. The van der Waals surface area contributed by atoms with Gasteiger partial charge in [0.05, 0.1) is 0 Å².